The zero-order valence-electron chi connectivity index (χ0n) is 14.0. The van der Waals surface area contributed by atoms with Gasteiger partial charge in [0, 0.05) is 10.7 Å². The van der Waals surface area contributed by atoms with Gasteiger partial charge in [-0.2, -0.15) is 0 Å². The Bertz CT molecular complexity index is 654. The molecule has 0 aliphatic rings. The van der Waals surface area contributed by atoms with E-state index in [9.17, 15) is 4.79 Å². The number of anilines is 1. The van der Waals surface area contributed by atoms with Crippen molar-refractivity contribution < 1.29 is 9.53 Å². The number of nitrogens with two attached hydrogens (primary N) is 1. The highest BCUT2D eigenvalue weighted by atomic mass is 35.5. The van der Waals surface area contributed by atoms with E-state index in [4.69, 9.17) is 22.1 Å². The maximum atomic E-state index is 12.0. The third-order valence-electron chi connectivity index (χ3n) is 3.50. The first kappa shape index (κ1) is 18.3. The molecule has 1 atom stereocenters. The maximum absolute atomic E-state index is 12.0. The summed E-state index contributed by atoms with van der Waals surface area (Å²) in [5.74, 6) is 0.947. The lowest BCUT2D eigenvalue weighted by atomic mass is 10.0. The molecule has 0 saturated heterocycles. The molecule has 128 valence electrons. The summed E-state index contributed by atoms with van der Waals surface area (Å²) in [7, 11) is 0. The SMILES string of the molecule is CC(C)C[C@H](N)C(=O)Nc1ccc(OCc2ccc(Cl)cc2)cc1. The van der Waals surface area contributed by atoms with Crippen LogP contribution < -0.4 is 15.8 Å². The van der Waals surface area contributed by atoms with Gasteiger partial charge in [-0.05, 0) is 54.3 Å². The van der Waals surface area contributed by atoms with Gasteiger partial charge in [-0.1, -0.05) is 37.6 Å². The Labute approximate surface area is 148 Å². The van der Waals surface area contributed by atoms with E-state index in [0.717, 1.165) is 11.3 Å². The molecule has 0 radical (unpaired) electrons. The Hall–Kier alpha value is -2.04. The normalized spacial score (nSPS) is 12.0. The van der Waals surface area contributed by atoms with Crippen LogP contribution in [-0.4, -0.2) is 11.9 Å². The molecule has 5 heteroatoms. The number of rotatable bonds is 7. The fourth-order valence-corrected chi connectivity index (χ4v) is 2.36. The summed E-state index contributed by atoms with van der Waals surface area (Å²) < 4.78 is 5.71. The second-order valence-electron chi connectivity index (χ2n) is 6.16. The highest BCUT2D eigenvalue weighted by Crippen LogP contribution is 2.18. The number of hydrogen-bond donors (Lipinski definition) is 2. The van der Waals surface area contributed by atoms with Crippen LogP contribution in [0, 0.1) is 5.92 Å². The van der Waals surface area contributed by atoms with Crippen molar-refractivity contribution >= 4 is 23.2 Å². The molecule has 0 heterocycles. The first-order chi connectivity index (χ1) is 11.4. The topological polar surface area (TPSA) is 64.4 Å². The second kappa shape index (κ2) is 8.71. The summed E-state index contributed by atoms with van der Waals surface area (Å²) in [6.07, 6.45) is 0.661. The van der Waals surface area contributed by atoms with Crippen LogP contribution in [0.25, 0.3) is 0 Å². The van der Waals surface area contributed by atoms with Gasteiger partial charge in [-0.15, -0.1) is 0 Å². The summed E-state index contributed by atoms with van der Waals surface area (Å²) in [6.45, 7) is 4.54. The Kier molecular flexibility index (Phi) is 6.64. The van der Waals surface area contributed by atoms with Gasteiger partial charge in [0.25, 0.3) is 0 Å². The lowest BCUT2D eigenvalue weighted by molar-refractivity contribution is -0.117. The van der Waals surface area contributed by atoms with Gasteiger partial charge >= 0.3 is 0 Å². The van der Waals surface area contributed by atoms with Gasteiger partial charge in [0.05, 0.1) is 6.04 Å². The highest BCUT2D eigenvalue weighted by Gasteiger charge is 2.14. The van der Waals surface area contributed by atoms with Crippen molar-refractivity contribution in [2.75, 3.05) is 5.32 Å². The van der Waals surface area contributed by atoms with Crippen LogP contribution in [0.3, 0.4) is 0 Å². The molecule has 0 aliphatic carbocycles. The standard InChI is InChI=1S/C19H23ClN2O2/c1-13(2)11-18(21)19(23)22-16-7-9-17(10-8-16)24-12-14-3-5-15(20)6-4-14/h3-10,13,18H,11-12,21H2,1-2H3,(H,22,23)/t18-/m0/s1. The predicted molar refractivity (Wildman–Crippen MR) is 98.3 cm³/mol. The summed E-state index contributed by atoms with van der Waals surface area (Å²) in [5.41, 5.74) is 7.62. The van der Waals surface area contributed by atoms with E-state index in [2.05, 4.69) is 5.32 Å². The molecule has 0 spiro atoms. The highest BCUT2D eigenvalue weighted by molar-refractivity contribution is 6.30. The fraction of sp³-hybridized carbons (Fsp3) is 0.316. The van der Waals surface area contributed by atoms with Gasteiger partial charge in [0.1, 0.15) is 12.4 Å². The van der Waals surface area contributed by atoms with Crippen LogP contribution >= 0.6 is 11.6 Å². The van der Waals surface area contributed by atoms with E-state index in [1.807, 2.05) is 50.2 Å². The lowest BCUT2D eigenvalue weighted by Gasteiger charge is -2.14. The van der Waals surface area contributed by atoms with E-state index in [0.29, 0.717) is 29.7 Å². The Balaban J connectivity index is 1.86. The second-order valence-corrected chi connectivity index (χ2v) is 6.60. The van der Waals surface area contributed by atoms with Gasteiger partial charge < -0.3 is 15.8 Å². The molecule has 24 heavy (non-hydrogen) atoms. The predicted octanol–water partition coefficient (Wildman–Crippen LogP) is 4.23. The van der Waals surface area contributed by atoms with Crippen molar-refractivity contribution in [3.8, 4) is 5.75 Å². The van der Waals surface area contributed by atoms with Crippen LogP contribution in [0.4, 0.5) is 5.69 Å². The van der Waals surface area contributed by atoms with Crippen molar-refractivity contribution in [1.82, 2.24) is 0 Å². The Morgan fingerprint density at radius 3 is 2.33 bits per heavy atom. The maximum Gasteiger partial charge on any atom is 0.241 e. The van der Waals surface area contributed by atoms with Crippen LogP contribution in [0.15, 0.2) is 48.5 Å². The molecule has 2 rings (SSSR count). The van der Waals surface area contributed by atoms with Crippen LogP contribution in [-0.2, 0) is 11.4 Å². The number of benzene rings is 2. The number of halogens is 1. The monoisotopic (exact) mass is 346 g/mol. The molecule has 4 nitrogen and oxygen atoms in total. The molecule has 0 saturated carbocycles. The zero-order valence-corrected chi connectivity index (χ0v) is 14.7. The van der Waals surface area contributed by atoms with E-state index in [-0.39, 0.29) is 5.91 Å². The molecule has 0 fully saturated rings. The van der Waals surface area contributed by atoms with Crippen LogP contribution in [0.2, 0.25) is 5.02 Å². The number of nitrogens with one attached hydrogen (secondary N) is 1. The first-order valence-corrected chi connectivity index (χ1v) is 8.35. The average molecular weight is 347 g/mol. The summed E-state index contributed by atoms with van der Waals surface area (Å²) in [5, 5.41) is 3.52. The molecule has 1 amide bonds. The molecule has 2 aromatic rings. The van der Waals surface area contributed by atoms with Crippen molar-refractivity contribution in [2.45, 2.75) is 32.9 Å². The number of carbonyl (C=O) groups is 1. The molecule has 3 N–H and O–H groups in total. The van der Waals surface area contributed by atoms with Gasteiger partial charge in [0.2, 0.25) is 5.91 Å². The van der Waals surface area contributed by atoms with Gasteiger partial charge in [-0.25, -0.2) is 0 Å². The van der Waals surface area contributed by atoms with Crippen LogP contribution in [0.1, 0.15) is 25.8 Å². The van der Waals surface area contributed by atoms with E-state index in [1.54, 1.807) is 12.1 Å². The van der Waals surface area contributed by atoms with Crippen molar-refractivity contribution in [1.29, 1.82) is 0 Å². The van der Waals surface area contributed by atoms with Gasteiger partial charge in [-0.3, -0.25) is 4.79 Å². The number of amides is 1. The largest absolute Gasteiger partial charge is 0.489 e. The average Bonchev–Trinajstić information content (AvgIpc) is 2.55. The fourth-order valence-electron chi connectivity index (χ4n) is 2.23. The van der Waals surface area contributed by atoms with E-state index >= 15 is 0 Å². The van der Waals surface area contributed by atoms with Crippen molar-refractivity contribution in [3.05, 3.63) is 59.1 Å². The summed E-state index contributed by atoms with van der Waals surface area (Å²) >= 11 is 5.85. The number of hydrogen-bond acceptors (Lipinski definition) is 3. The summed E-state index contributed by atoms with van der Waals surface area (Å²) in [4.78, 5) is 12.0. The number of ether oxygens (including phenoxy) is 1. The third-order valence-corrected chi connectivity index (χ3v) is 3.75. The smallest absolute Gasteiger partial charge is 0.241 e. The lowest BCUT2D eigenvalue weighted by Crippen LogP contribution is -2.36. The minimum absolute atomic E-state index is 0.168. The van der Waals surface area contributed by atoms with Crippen molar-refractivity contribution in [3.63, 3.8) is 0 Å². The first-order valence-electron chi connectivity index (χ1n) is 7.98. The molecular weight excluding hydrogens is 324 g/mol. The third kappa shape index (κ3) is 5.87. The van der Waals surface area contributed by atoms with Crippen molar-refractivity contribution in [2.24, 2.45) is 11.7 Å². The van der Waals surface area contributed by atoms with Crippen LogP contribution in [0.5, 0.6) is 5.75 Å². The Morgan fingerprint density at radius 1 is 1.12 bits per heavy atom. The number of carbonyl (C=O) groups excluding carboxylic acids is 1. The molecule has 2 aromatic carbocycles. The zero-order chi connectivity index (χ0) is 17.5. The van der Waals surface area contributed by atoms with Gasteiger partial charge in [0.15, 0.2) is 0 Å². The molecule has 0 unspecified atom stereocenters. The molecule has 0 aromatic heterocycles. The van der Waals surface area contributed by atoms with E-state index in [1.165, 1.54) is 0 Å². The minimum atomic E-state index is -0.495. The van der Waals surface area contributed by atoms with E-state index < -0.39 is 6.04 Å². The Morgan fingerprint density at radius 2 is 1.75 bits per heavy atom. The molecule has 0 aliphatic heterocycles. The quantitative estimate of drug-likeness (QED) is 0.788. The summed E-state index contributed by atoms with van der Waals surface area (Å²) in [6, 6.07) is 14.3. The molecule has 0 bridgehead atoms. The minimum Gasteiger partial charge on any atom is -0.489 e. The molecular formula is C19H23ClN2O2.